The molecule has 0 bridgehead atoms. The summed E-state index contributed by atoms with van der Waals surface area (Å²) >= 11 is 6.41. The Morgan fingerprint density at radius 3 is 2.52 bits per heavy atom. The van der Waals surface area contributed by atoms with Gasteiger partial charge in [-0.2, -0.15) is 0 Å². The first-order valence-electron chi connectivity index (χ1n) is 9.93. The normalized spacial score (nSPS) is 24.3. The van der Waals surface area contributed by atoms with Crippen LogP contribution in [0.1, 0.15) is 30.7 Å². The molecule has 2 aromatic rings. The lowest BCUT2D eigenvalue weighted by atomic mass is 9.95. The molecule has 0 radical (unpaired) electrons. The third kappa shape index (κ3) is 4.65. The molecule has 3 unspecified atom stereocenters. The van der Waals surface area contributed by atoms with Crippen molar-refractivity contribution in [2.75, 3.05) is 19.3 Å². The summed E-state index contributed by atoms with van der Waals surface area (Å²) in [5.41, 5.74) is 3.22. The molecule has 2 fully saturated rings. The molecule has 0 spiro atoms. The third-order valence-electron chi connectivity index (χ3n) is 5.75. The molecule has 2 aliphatic rings. The highest BCUT2D eigenvalue weighted by Crippen LogP contribution is 2.51. The first-order valence-corrected chi connectivity index (χ1v) is 12.2. The van der Waals surface area contributed by atoms with Gasteiger partial charge in [-0.25, -0.2) is 13.1 Å². The summed E-state index contributed by atoms with van der Waals surface area (Å²) in [6, 6.07) is 15.7. The predicted octanol–water partition coefficient (Wildman–Crippen LogP) is 3.65. The molecule has 2 aromatic carbocycles. The summed E-state index contributed by atoms with van der Waals surface area (Å²) in [6.07, 6.45) is 3.56. The van der Waals surface area contributed by atoms with E-state index in [4.69, 9.17) is 11.6 Å². The summed E-state index contributed by atoms with van der Waals surface area (Å²) in [4.78, 5) is 14.9. The zero-order chi connectivity index (χ0) is 20.6. The zero-order valence-corrected chi connectivity index (χ0v) is 17.9. The summed E-state index contributed by atoms with van der Waals surface area (Å²) < 4.78 is 25.7. The van der Waals surface area contributed by atoms with Gasteiger partial charge in [-0.15, -0.1) is 0 Å². The highest BCUT2D eigenvalue weighted by Gasteiger charge is 2.47. The topological polar surface area (TPSA) is 66.5 Å². The maximum Gasteiger partial charge on any atom is 0.226 e. The van der Waals surface area contributed by atoms with Crippen molar-refractivity contribution in [2.24, 2.45) is 5.92 Å². The lowest BCUT2D eigenvalue weighted by Crippen LogP contribution is -2.49. The maximum atomic E-state index is 13.1. The molecule has 29 heavy (non-hydrogen) atoms. The molecule has 1 heterocycles. The Bertz CT molecular complexity index is 1020. The van der Waals surface area contributed by atoms with Crippen LogP contribution in [0.15, 0.2) is 48.5 Å². The van der Waals surface area contributed by atoms with Crippen LogP contribution in [0, 0.1) is 5.92 Å². The van der Waals surface area contributed by atoms with Gasteiger partial charge in [-0.1, -0.05) is 54.1 Å². The van der Waals surface area contributed by atoms with Gasteiger partial charge in [0.05, 0.1) is 6.26 Å². The van der Waals surface area contributed by atoms with Gasteiger partial charge in [0, 0.05) is 35.6 Å². The summed E-state index contributed by atoms with van der Waals surface area (Å²) in [6.45, 7) is 1.14. The number of likely N-dealkylation sites (tertiary alicyclic amines) is 1. The average molecular weight is 433 g/mol. The number of carbonyl (C=O) groups excluding carboxylic acids is 1. The summed E-state index contributed by atoms with van der Waals surface area (Å²) in [5, 5.41) is 0.703. The van der Waals surface area contributed by atoms with E-state index in [2.05, 4.69) is 16.9 Å². The Kier molecular flexibility index (Phi) is 5.69. The number of nitrogens with zero attached hydrogens (tertiary/aromatic N) is 1. The van der Waals surface area contributed by atoms with Gasteiger partial charge in [0.25, 0.3) is 0 Å². The van der Waals surface area contributed by atoms with E-state index in [0.717, 1.165) is 42.2 Å². The van der Waals surface area contributed by atoms with E-state index in [1.54, 1.807) is 0 Å². The van der Waals surface area contributed by atoms with E-state index in [1.807, 2.05) is 41.3 Å². The Morgan fingerprint density at radius 1 is 1.10 bits per heavy atom. The highest BCUT2D eigenvalue weighted by molar-refractivity contribution is 7.88. The Morgan fingerprint density at radius 2 is 1.79 bits per heavy atom. The lowest BCUT2D eigenvalue weighted by Gasteiger charge is -2.33. The average Bonchev–Trinajstić information content (AvgIpc) is 3.47. The van der Waals surface area contributed by atoms with Gasteiger partial charge in [0.15, 0.2) is 0 Å². The van der Waals surface area contributed by atoms with E-state index in [1.165, 1.54) is 0 Å². The molecule has 5 nitrogen and oxygen atoms in total. The number of sulfonamides is 1. The number of carbonyl (C=O) groups is 1. The van der Waals surface area contributed by atoms with Crippen molar-refractivity contribution in [3.8, 4) is 11.1 Å². The van der Waals surface area contributed by atoms with Crippen LogP contribution in [0.5, 0.6) is 0 Å². The molecule has 1 amide bonds. The van der Waals surface area contributed by atoms with E-state index in [-0.39, 0.29) is 23.8 Å². The Hall–Kier alpha value is -1.89. The molecule has 7 heteroatoms. The second-order valence-electron chi connectivity index (χ2n) is 8.03. The summed E-state index contributed by atoms with van der Waals surface area (Å²) in [7, 11) is -3.27. The molecule has 3 atom stereocenters. The second kappa shape index (κ2) is 8.09. The van der Waals surface area contributed by atoms with Crippen molar-refractivity contribution in [1.29, 1.82) is 0 Å². The number of amides is 1. The van der Waals surface area contributed by atoms with Crippen molar-refractivity contribution in [3.63, 3.8) is 0 Å². The van der Waals surface area contributed by atoms with Gasteiger partial charge in [0.2, 0.25) is 15.9 Å². The number of halogens is 1. The van der Waals surface area contributed by atoms with Crippen LogP contribution in [0.25, 0.3) is 11.1 Å². The number of benzene rings is 2. The van der Waals surface area contributed by atoms with Crippen LogP contribution in [0.2, 0.25) is 5.02 Å². The fourth-order valence-corrected chi connectivity index (χ4v) is 5.40. The number of piperidine rings is 1. The van der Waals surface area contributed by atoms with Gasteiger partial charge in [-0.3, -0.25) is 4.79 Å². The van der Waals surface area contributed by atoms with Crippen LogP contribution >= 0.6 is 11.6 Å². The summed E-state index contributed by atoms with van der Waals surface area (Å²) in [5.74, 6) is 0.262. The molecule has 4 rings (SSSR count). The molecule has 1 aliphatic carbocycles. The minimum Gasteiger partial charge on any atom is -0.341 e. The van der Waals surface area contributed by atoms with Gasteiger partial charge in [0.1, 0.15) is 0 Å². The monoisotopic (exact) mass is 432 g/mol. The van der Waals surface area contributed by atoms with Crippen molar-refractivity contribution >= 4 is 27.5 Å². The fourth-order valence-electron chi connectivity index (χ4n) is 4.37. The van der Waals surface area contributed by atoms with Gasteiger partial charge < -0.3 is 4.90 Å². The molecular weight excluding hydrogens is 408 g/mol. The molecular formula is C22H25ClN2O3S. The van der Waals surface area contributed by atoms with Crippen LogP contribution in [-0.4, -0.2) is 44.6 Å². The highest BCUT2D eigenvalue weighted by atomic mass is 35.5. The zero-order valence-electron chi connectivity index (χ0n) is 16.3. The number of nitrogens with one attached hydrogen (secondary N) is 1. The molecule has 0 aromatic heterocycles. The fraction of sp³-hybridized carbons (Fsp3) is 0.409. The minimum absolute atomic E-state index is 0.0457. The Balaban J connectivity index is 1.49. The molecule has 1 aliphatic heterocycles. The Labute approximate surface area is 177 Å². The van der Waals surface area contributed by atoms with E-state index in [9.17, 15) is 13.2 Å². The van der Waals surface area contributed by atoms with Crippen LogP contribution < -0.4 is 4.72 Å². The largest absolute Gasteiger partial charge is 0.341 e. The molecule has 1 saturated carbocycles. The van der Waals surface area contributed by atoms with Crippen molar-refractivity contribution in [2.45, 2.75) is 31.2 Å². The van der Waals surface area contributed by atoms with Crippen molar-refractivity contribution < 1.29 is 13.2 Å². The quantitative estimate of drug-likeness (QED) is 0.784. The van der Waals surface area contributed by atoms with E-state index < -0.39 is 10.0 Å². The standard InChI is InChI=1S/C22H25ClN2O3S/c1-29(27,28)24-15-7-6-12-25(14-15)22(26)20-13-19(20)17-9-3-2-8-16(17)18-10-4-5-11-21(18)23/h2-5,8-11,15,19-20,24H,6-7,12-14H2,1H3. The van der Waals surface area contributed by atoms with Crippen LogP contribution in [-0.2, 0) is 14.8 Å². The van der Waals surface area contributed by atoms with Gasteiger partial charge in [-0.05, 0) is 42.4 Å². The first-order chi connectivity index (χ1) is 13.8. The third-order valence-corrected chi connectivity index (χ3v) is 6.84. The van der Waals surface area contributed by atoms with E-state index in [0.29, 0.717) is 18.1 Å². The molecule has 154 valence electrons. The molecule has 1 saturated heterocycles. The number of hydrogen-bond acceptors (Lipinski definition) is 3. The smallest absolute Gasteiger partial charge is 0.226 e. The maximum absolute atomic E-state index is 13.1. The minimum atomic E-state index is -3.27. The second-order valence-corrected chi connectivity index (χ2v) is 10.2. The van der Waals surface area contributed by atoms with Gasteiger partial charge >= 0.3 is 0 Å². The predicted molar refractivity (Wildman–Crippen MR) is 115 cm³/mol. The van der Waals surface area contributed by atoms with Crippen molar-refractivity contribution in [3.05, 3.63) is 59.1 Å². The first kappa shape index (κ1) is 20.4. The van der Waals surface area contributed by atoms with Crippen molar-refractivity contribution in [1.82, 2.24) is 9.62 Å². The van der Waals surface area contributed by atoms with Crippen LogP contribution in [0.4, 0.5) is 0 Å². The number of rotatable bonds is 5. The SMILES string of the molecule is CS(=O)(=O)NC1CCCN(C(=O)C2CC2c2ccccc2-c2ccccc2Cl)C1. The van der Waals surface area contributed by atoms with Crippen LogP contribution in [0.3, 0.4) is 0 Å². The molecule has 1 N–H and O–H groups in total. The lowest BCUT2D eigenvalue weighted by molar-refractivity contribution is -0.133. The number of hydrogen-bond donors (Lipinski definition) is 1. The van der Waals surface area contributed by atoms with E-state index >= 15 is 0 Å².